The lowest BCUT2D eigenvalue weighted by molar-refractivity contribution is -0.118. The van der Waals surface area contributed by atoms with Crippen LogP contribution in [0.4, 0.5) is 11.4 Å². The Morgan fingerprint density at radius 2 is 1.72 bits per heavy atom. The van der Waals surface area contributed by atoms with Crippen LogP contribution in [0, 0.1) is 5.92 Å². The highest BCUT2D eigenvalue weighted by Gasteiger charge is 2.50. The largest absolute Gasteiger partial charge is 0.497 e. The molecule has 0 saturated carbocycles. The molecule has 46 heavy (non-hydrogen) atoms. The second kappa shape index (κ2) is 13.9. The molecule has 2 aliphatic rings. The van der Waals surface area contributed by atoms with E-state index in [1.54, 1.807) is 7.11 Å². The molecular formula is C37H46N4O4Si. The summed E-state index contributed by atoms with van der Waals surface area (Å²) in [5.41, 5.74) is 5.63. The molecule has 0 unspecified atom stereocenters. The summed E-state index contributed by atoms with van der Waals surface area (Å²) in [6.07, 6.45) is 6.77. The molecule has 1 N–H and O–H groups in total. The minimum Gasteiger partial charge on any atom is -0.497 e. The van der Waals surface area contributed by atoms with Gasteiger partial charge in [-0.15, -0.1) is 5.10 Å². The van der Waals surface area contributed by atoms with E-state index < -0.39 is 8.07 Å². The van der Waals surface area contributed by atoms with Gasteiger partial charge < -0.3 is 14.6 Å². The number of amides is 1. The number of hydrogen-bond donors (Lipinski definition) is 1. The van der Waals surface area contributed by atoms with E-state index in [1.807, 2.05) is 34.0 Å². The average Bonchev–Trinajstić information content (AvgIpc) is 3.66. The van der Waals surface area contributed by atoms with Crippen molar-refractivity contribution in [3.05, 3.63) is 95.8 Å². The molecule has 242 valence electrons. The third-order valence-electron chi connectivity index (χ3n) is 10.2. The van der Waals surface area contributed by atoms with E-state index in [1.165, 1.54) is 16.3 Å². The van der Waals surface area contributed by atoms with Gasteiger partial charge >= 0.3 is 0 Å². The van der Waals surface area contributed by atoms with Gasteiger partial charge in [-0.05, 0) is 78.6 Å². The van der Waals surface area contributed by atoms with Crippen molar-refractivity contribution in [2.45, 2.75) is 82.8 Å². The van der Waals surface area contributed by atoms with Gasteiger partial charge in [-0.25, -0.2) is 0 Å². The minimum atomic E-state index is -1.96. The number of benzene rings is 3. The highest BCUT2D eigenvalue weighted by molar-refractivity contribution is 6.91. The standard InChI is InChI=1S/C37H46N4O4Si/c1-26-34(19-11-27-9-13-30(14-10-27)41-33-8-6-5-7-28(33)12-20-36(41)43)45-35(21-23-40-25-29(22-24-42)38-39-40)37(26)46(3,4)32-17-15-31(44-2)16-18-32/h5-10,13-18,25-26,34-35,37,42H,11-12,19-24H2,1-4H3/t26-,34+,35-,37+/m0/s1. The fourth-order valence-electron chi connectivity index (χ4n) is 7.68. The summed E-state index contributed by atoms with van der Waals surface area (Å²) in [7, 11) is -0.253. The molecule has 0 bridgehead atoms. The number of aliphatic hydroxyl groups is 1. The Bertz CT molecular complexity index is 1620. The smallest absolute Gasteiger partial charge is 0.231 e. The monoisotopic (exact) mass is 638 g/mol. The lowest BCUT2D eigenvalue weighted by atomic mass is 9.95. The maximum atomic E-state index is 12.9. The van der Waals surface area contributed by atoms with E-state index in [2.05, 4.69) is 84.9 Å². The van der Waals surface area contributed by atoms with Crippen LogP contribution in [0.2, 0.25) is 18.6 Å². The van der Waals surface area contributed by atoms with Gasteiger partial charge in [0, 0.05) is 37.9 Å². The third-order valence-corrected chi connectivity index (χ3v) is 14.6. The maximum absolute atomic E-state index is 12.9. The Morgan fingerprint density at radius 3 is 2.46 bits per heavy atom. The first-order chi connectivity index (χ1) is 22.3. The molecule has 2 aliphatic heterocycles. The molecule has 0 aliphatic carbocycles. The maximum Gasteiger partial charge on any atom is 0.231 e. The number of carbonyl (C=O) groups excluding carboxylic acids is 1. The lowest BCUT2D eigenvalue weighted by Gasteiger charge is -2.36. The normalized spacial score (nSPS) is 21.4. The van der Waals surface area contributed by atoms with Crippen LogP contribution in [0.5, 0.6) is 5.75 Å². The first-order valence-corrected chi connectivity index (χ1v) is 19.7. The molecule has 8 nitrogen and oxygen atoms in total. The van der Waals surface area contributed by atoms with Gasteiger partial charge in [0.05, 0.1) is 38.8 Å². The number of para-hydroxylation sites is 1. The molecular weight excluding hydrogens is 593 g/mol. The molecule has 1 saturated heterocycles. The van der Waals surface area contributed by atoms with E-state index in [-0.39, 0.29) is 24.7 Å². The van der Waals surface area contributed by atoms with Gasteiger partial charge in [0.2, 0.25) is 5.91 Å². The third kappa shape index (κ3) is 6.68. The van der Waals surface area contributed by atoms with E-state index in [0.29, 0.717) is 24.3 Å². The summed E-state index contributed by atoms with van der Waals surface area (Å²) in [5, 5.41) is 19.2. The molecule has 6 rings (SSSR count). The molecule has 3 heterocycles. The van der Waals surface area contributed by atoms with Crippen molar-refractivity contribution >= 4 is 30.5 Å². The number of carbonyl (C=O) groups is 1. The second-order valence-electron chi connectivity index (χ2n) is 13.3. The van der Waals surface area contributed by atoms with Crippen LogP contribution in [0.3, 0.4) is 0 Å². The summed E-state index contributed by atoms with van der Waals surface area (Å²) in [5.74, 6) is 1.43. The number of rotatable bonds is 12. The Balaban J connectivity index is 1.17. The number of aromatic nitrogens is 3. The van der Waals surface area contributed by atoms with E-state index in [0.717, 1.165) is 55.0 Å². The number of aryl methyl sites for hydroxylation is 3. The van der Waals surface area contributed by atoms with Gasteiger partial charge in [-0.2, -0.15) is 0 Å². The molecule has 1 aromatic heterocycles. The predicted molar refractivity (Wildman–Crippen MR) is 184 cm³/mol. The van der Waals surface area contributed by atoms with Crippen molar-refractivity contribution in [3.8, 4) is 5.75 Å². The van der Waals surface area contributed by atoms with Crippen molar-refractivity contribution < 1.29 is 19.4 Å². The number of fused-ring (bicyclic) bond motifs is 1. The fourth-order valence-corrected chi connectivity index (χ4v) is 11.8. The van der Waals surface area contributed by atoms with Crippen LogP contribution in [-0.4, -0.2) is 60.0 Å². The lowest BCUT2D eigenvalue weighted by Crippen LogP contribution is -2.50. The summed E-state index contributed by atoms with van der Waals surface area (Å²) in [6, 6.07) is 25.4. The van der Waals surface area contributed by atoms with Crippen molar-refractivity contribution in [3.63, 3.8) is 0 Å². The van der Waals surface area contributed by atoms with Crippen LogP contribution in [0.15, 0.2) is 79.0 Å². The summed E-state index contributed by atoms with van der Waals surface area (Å²) in [6.45, 7) is 8.13. The molecule has 0 spiro atoms. The Morgan fingerprint density at radius 1 is 0.957 bits per heavy atom. The Hall–Kier alpha value is -3.79. The molecule has 1 amide bonds. The highest BCUT2D eigenvalue weighted by atomic mass is 28.3. The summed E-state index contributed by atoms with van der Waals surface area (Å²) < 4.78 is 14.3. The molecule has 9 heteroatoms. The van der Waals surface area contributed by atoms with Crippen LogP contribution < -0.4 is 14.8 Å². The van der Waals surface area contributed by atoms with Crippen molar-refractivity contribution in [1.82, 2.24) is 15.0 Å². The number of hydrogen-bond acceptors (Lipinski definition) is 6. The average molecular weight is 639 g/mol. The topological polar surface area (TPSA) is 89.7 Å². The predicted octanol–water partition coefficient (Wildman–Crippen LogP) is 5.84. The van der Waals surface area contributed by atoms with Crippen LogP contribution in [0.1, 0.15) is 43.0 Å². The number of anilines is 2. The SMILES string of the molecule is COc1ccc([Si](C)(C)[C@@H]2[C@@H](C)[C@@H](CCc3ccc(N4C(=O)CCc5ccccc54)cc3)O[C@H]2CCn2cc(CCO)nn2)cc1. The first-order valence-electron chi connectivity index (χ1n) is 16.6. The van der Waals surface area contributed by atoms with Crippen molar-refractivity contribution in [1.29, 1.82) is 0 Å². The molecule has 1 fully saturated rings. The number of nitrogens with zero attached hydrogens (tertiary/aromatic N) is 4. The number of aliphatic hydroxyl groups excluding tert-OH is 1. The van der Waals surface area contributed by atoms with Crippen LogP contribution in [0.25, 0.3) is 0 Å². The Kier molecular flexibility index (Phi) is 9.72. The van der Waals surface area contributed by atoms with Crippen LogP contribution >= 0.6 is 0 Å². The summed E-state index contributed by atoms with van der Waals surface area (Å²) in [4.78, 5) is 14.8. The van der Waals surface area contributed by atoms with Crippen molar-refractivity contribution in [2.24, 2.45) is 5.92 Å². The Labute approximate surface area is 273 Å². The van der Waals surface area contributed by atoms with E-state index in [9.17, 15) is 9.90 Å². The molecule has 4 atom stereocenters. The van der Waals surface area contributed by atoms with Gasteiger partial charge in [-0.3, -0.25) is 14.4 Å². The molecule has 3 aromatic carbocycles. The van der Waals surface area contributed by atoms with Crippen molar-refractivity contribution in [2.75, 3.05) is 18.6 Å². The van der Waals surface area contributed by atoms with Gasteiger partial charge in [0.1, 0.15) is 5.75 Å². The molecule has 4 aromatic rings. The minimum absolute atomic E-state index is 0.0699. The number of ether oxygens (including phenoxy) is 2. The van der Waals surface area contributed by atoms with E-state index >= 15 is 0 Å². The van der Waals surface area contributed by atoms with Gasteiger partial charge in [0.15, 0.2) is 0 Å². The molecule has 0 radical (unpaired) electrons. The first kappa shape index (κ1) is 32.2. The van der Waals surface area contributed by atoms with E-state index in [4.69, 9.17) is 9.47 Å². The second-order valence-corrected chi connectivity index (χ2v) is 18.0. The zero-order valence-electron chi connectivity index (χ0n) is 27.4. The quantitative estimate of drug-likeness (QED) is 0.196. The van der Waals surface area contributed by atoms with Crippen LogP contribution in [-0.2, 0) is 35.3 Å². The number of methoxy groups -OCH3 is 1. The zero-order valence-corrected chi connectivity index (χ0v) is 28.4. The fraction of sp³-hybridized carbons (Fsp3) is 0.432. The van der Waals surface area contributed by atoms with Gasteiger partial charge in [0.25, 0.3) is 0 Å². The highest BCUT2D eigenvalue weighted by Crippen LogP contribution is 2.46. The summed E-state index contributed by atoms with van der Waals surface area (Å²) >= 11 is 0. The van der Waals surface area contributed by atoms with Gasteiger partial charge in [-0.1, -0.05) is 72.9 Å². The zero-order chi connectivity index (χ0) is 32.3.